The summed E-state index contributed by atoms with van der Waals surface area (Å²) in [6.07, 6.45) is 0.971. The van der Waals surface area contributed by atoms with Crippen molar-refractivity contribution in [1.82, 2.24) is 4.90 Å². The topological polar surface area (TPSA) is 37.4 Å². The van der Waals surface area contributed by atoms with Gasteiger partial charge in [-0.05, 0) is 30.4 Å². The van der Waals surface area contributed by atoms with E-state index < -0.39 is 5.38 Å². The second-order valence-electron chi connectivity index (χ2n) is 4.68. The van der Waals surface area contributed by atoms with Gasteiger partial charge in [0.25, 0.3) is 5.91 Å². The second kappa shape index (κ2) is 3.84. The van der Waals surface area contributed by atoms with Gasteiger partial charge in [-0.3, -0.25) is 14.5 Å². The first-order valence-corrected chi connectivity index (χ1v) is 6.17. The Morgan fingerprint density at radius 3 is 2.71 bits per heavy atom. The number of fused-ring (bicyclic) bond motifs is 1. The molecule has 1 aliphatic carbocycles. The average molecular weight is 250 g/mol. The Kier molecular flexibility index (Phi) is 2.44. The Balaban J connectivity index is 1.84. The highest BCUT2D eigenvalue weighted by Crippen LogP contribution is 2.47. The molecule has 2 aliphatic rings. The van der Waals surface area contributed by atoms with Crippen molar-refractivity contribution in [2.45, 2.75) is 11.8 Å². The zero-order valence-corrected chi connectivity index (χ0v) is 9.93. The number of likely N-dealkylation sites (tertiary alicyclic amines) is 1. The molecule has 0 N–H and O–H groups in total. The summed E-state index contributed by atoms with van der Waals surface area (Å²) in [5.41, 5.74) is 0.545. The highest BCUT2D eigenvalue weighted by atomic mass is 35.5. The third kappa shape index (κ3) is 1.75. The quantitative estimate of drug-likeness (QED) is 0.563. The number of hydrogen-bond acceptors (Lipinski definition) is 2. The molecule has 1 saturated heterocycles. The predicted octanol–water partition coefficient (Wildman–Crippen LogP) is 1.91. The van der Waals surface area contributed by atoms with Gasteiger partial charge >= 0.3 is 0 Å². The summed E-state index contributed by atoms with van der Waals surface area (Å²) in [5.74, 6) is 0.248. The fraction of sp³-hybridized carbons (Fsp3) is 0.385. The van der Waals surface area contributed by atoms with Crippen molar-refractivity contribution in [2.24, 2.45) is 11.8 Å². The summed E-state index contributed by atoms with van der Waals surface area (Å²) in [6, 6.07) is 8.87. The molecule has 0 bridgehead atoms. The lowest BCUT2D eigenvalue weighted by Crippen LogP contribution is -2.46. The Morgan fingerprint density at radius 1 is 1.29 bits per heavy atom. The molecule has 88 valence electrons. The summed E-state index contributed by atoms with van der Waals surface area (Å²) in [7, 11) is 0. The zero-order valence-electron chi connectivity index (χ0n) is 9.17. The maximum absolute atomic E-state index is 12.2. The number of imide groups is 1. The molecule has 2 fully saturated rings. The van der Waals surface area contributed by atoms with Crippen molar-refractivity contribution in [3.63, 3.8) is 0 Å². The lowest BCUT2D eigenvalue weighted by molar-refractivity contribution is -0.130. The third-order valence-corrected chi connectivity index (χ3v) is 4.05. The van der Waals surface area contributed by atoms with Crippen LogP contribution in [-0.2, 0) is 4.79 Å². The predicted molar refractivity (Wildman–Crippen MR) is 63.7 cm³/mol. The van der Waals surface area contributed by atoms with Gasteiger partial charge in [0.2, 0.25) is 5.91 Å². The molecule has 2 amide bonds. The van der Waals surface area contributed by atoms with Crippen molar-refractivity contribution in [3.05, 3.63) is 35.9 Å². The lowest BCUT2D eigenvalue weighted by atomic mass is 10.1. The van der Waals surface area contributed by atoms with Gasteiger partial charge in [0.05, 0.1) is 0 Å². The van der Waals surface area contributed by atoms with E-state index in [0.29, 0.717) is 23.9 Å². The van der Waals surface area contributed by atoms with Crippen molar-refractivity contribution >= 4 is 23.4 Å². The molecule has 1 aromatic rings. The Hall–Kier alpha value is -1.35. The molecule has 1 aromatic carbocycles. The van der Waals surface area contributed by atoms with E-state index in [4.69, 9.17) is 11.6 Å². The fourth-order valence-corrected chi connectivity index (χ4v) is 2.84. The highest BCUT2D eigenvalue weighted by Gasteiger charge is 2.53. The van der Waals surface area contributed by atoms with E-state index in [1.807, 2.05) is 6.07 Å². The molecule has 3 nitrogen and oxygen atoms in total. The highest BCUT2D eigenvalue weighted by molar-refractivity contribution is 6.33. The smallest absolute Gasteiger partial charge is 0.260 e. The van der Waals surface area contributed by atoms with Gasteiger partial charge in [-0.25, -0.2) is 0 Å². The Morgan fingerprint density at radius 2 is 2.00 bits per heavy atom. The van der Waals surface area contributed by atoms with Gasteiger partial charge in [-0.2, -0.15) is 0 Å². The van der Waals surface area contributed by atoms with E-state index in [-0.39, 0.29) is 11.8 Å². The number of alkyl halides is 1. The zero-order chi connectivity index (χ0) is 12.0. The summed E-state index contributed by atoms with van der Waals surface area (Å²) >= 11 is 6.04. The first-order chi connectivity index (χ1) is 8.18. The SMILES string of the molecule is O=C(c1ccccc1)N1CC2CC2C(Cl)C1=O. The minimum atomic E-state index is -0.513. The summed E-state index contributed by atoms with van der Waals surface area (Å²) in [6.45, 7) is 0.528. The van der Waals surface area contributed by atoms with Crippen molar-refractivity contribution in [3.8, 4) is 0 Å². The van der Waals surface area contributed by atoms with E-state index in [9.17, 15) is 9.59 Å². The molecule has 1 aliphatic heterocycles. The van der Waals surface area contributed by atoms with Gasteiger partial charge in [0, 0.05) is 12.1 Å². The lowest BCUT2D eigenvalue weighted by Gasteiger charge is -2.27. The number of benzene rings is 1. The van der Waals surface area contributed by atoms with Crippen LogP contribution in [-0.4, -0.2) is 28.6 Å². The number of piperidine rings is 1. The molecular weight excluding hydrogens is 238 g/mol. The molecule has 1 saturated carbocycles. The molecule has 0 radical (unpaired) electrons. The van der Waals surface area contributed by atoms with Crippen LogP contribution in [0.1, 0.15) is 16.8 Å². The number of nitrogens with zero attached hydrogens (tertiary/aromatic N) is 1. The minimum Gasteiger partial charge on any atom is -0.277 e. The molecule has 0 spiro atoms. The summed E-state index contributed by atoms with van der Waals surface area (Å²) in [5, 5.41) is -0.513. The molecule has 17 heavy (non-hydrogen) atoms. The number of amides is 2. The molecule has 3 atom stereocenters. The normalized spacial score (nSPS) is 31.0. The Labute approximate surface area is 104 Å². The summed E-state index contributed by atoms with van der Waals surface area (Å²) < 4.78 is 0. The average Bonchev–Trinajstić information content (AvgIpc) is 3.13. The van der Waals surface area contributed by atoms with Crippen molar-refractivity contribution < 1.29 is 9.59 Å². The van der Waals surface area contributed by atoms with Gasteiger partial charge in [0.1, 0.15) is 5.38 Å². The van der Waals surface area contributed by atoms with Crippen molar-refractivity contribution in [2.75, 3.05) is 6.54 Å². The van der Waals surface area contributed by atoms with Crippen LogP contribution < -0.4 is 0 Å². The number of halogens is 1. The maximum Gasteiger partial charge on any atom is 0.260 e. The first kappa shape index (κ1) is 10.8. The van der Waals surface area contributed by atoms with Crippen LogP contribution in [0.2, 0.25) is 0 Å². The van der Waals surface area contributed by atoms with Crippen LogP contribution in [0.25, 0.3) is 0 Å². The van der Waals surface area contributed by atoms with Crippen LogP contribution in [0, 0.1) is 11.8 Å². The third-order valence-electron chi connectivity index (χ3n) is 3.54. The second-order valence-corrected chi connectivity index (χ2v) is 5.15. The van der Waals surface area contributed by atoms with Crippen LogP contribution >= 0.6 is 11.6 Å². The van der Waals surface area contributed by atoms with Gasteiger partial charge in [-0.15, -0.1) is 11.6 Å². The summed E-state index contributed by atoms with van der Waals surface area (Å²) in [4.78, 5) is 25.4. The monoisotopic (exact) mass is 249 g/mol. The van der Waals surface area contributed by atoms with Gasteiger partial charge in [-0.1, -0.05) is 18.2 Å². The van der Waals surface area contributed by atoms with Crippen LogP contribution in [0.4, 0.5) is 0 Å². The molecule has 1 heterocycles. The number of rotatable bonds is 1. The molecule has 3 unspecified atom stereocenters. The standard InChI is InChI=1S/C13H12ClNO2/c14-11-10-6-9(10)7-15(13(11)17)12(16)8-4-2-1-3-5-8/h1-5,9-11H,6-7H2. The van der Waals surface area contributed by atoms with E-state index in [0.717, 1.165) is 6.42 Å². The molecule has 0 aromatic heterocycles. The molecule has 4 heteroatoms. The number of carbonyl (C=O) groups excluding carboxylic acids is 2. The van der Waals surface area contributed by atoms with Crippen LogP contribution in [0.15, 0.2) is 30.3 Å². The van der Waals surface area contributed by atoms with Gasteiger partial charge in [0.15, 0.2) is 0 Å². The van der Waals surface area contributed by atoms with Crippen molar-refractivity contribution in [1.29, 1.82) is 0 Å². The number of carbonyl (C=O) groups is 2. The van der Waals surface area contributed by atoms with E-state index in [1.165, 1.54) is 4.90 Å². The maximum atomic E-state index is 12.2. The van der Waals surface area contributed by atoms with Crippen LogP contribution in [0.3, 0.4) is 0 Å². The minimum absolute atomic E-state index is 0.230. The van der Waals surface area contributed by atoms with E-state index in [1.54, 1.807) is 24.3 Å². The molecule has 3 rings (SSSR count). The van der Waals surface area contributed by atoms with E-state index >= 15 is 0 Å². The first-order valence-electron chi connectivity index (χ1n) is 5.73. The van der Waals surface area contributed by atoms with Gasteiger partial charge < -0.3 is 0 Å². The van der Waals surface area contributed by atoms with Crippen LogP contribution in [0.5, 0.6) is 0 Å². The fourth-order valence-electron chi connectivity index (χ4n) is 2.42. The molecular formula is C13H12ClNO2. The van der Waals surface area contributed by atoms with E-state index in [2.05, 4.69) is 0 Å². The Bertz CT molecular complexity index is 474. The number of hydrogen-bond donors (Lipinski definition) is 0. The largest absolute Gasteiger partial charge is 0.277 e.